The molecule has 0 saturated carbocycles. The molecule has 1 N–H and O–H groups in total. The Morgan fingerprint density at radius 1 is 1.29 bits per heavy atom. The zero-order chi connectivity index (χ0) is 15.5. The Kier molecular flexibility index (Phi) is 4.87. The highest BCUT2D eigenvalue weighted by molar-refractivity contribution is 5.38. The van der Waals surface area contributed by atoms with E-state index in [0.29, 0.717) is 0 Å². The fraction of sp³-hybridized carbons (Fsp3) is 0.765. The second kappa shape index (κ2) is 6.30. The SMILES string of the molecule is CCCNc1cc(C(C)(C)C)nc(C2(C)CCCCO2)n1. The van der Waals surface area contributed by atoms with Crippen LogP contribution in [-0.4, -0.2) is 23.1 Å². The van der Waals surface area contributed by atoms with Gasteiger partial charge in [0, 0.05) is 24.6 Å². The summed E-state index contributed by atoms with van der Waals surface area (Å²) in [7, 11) is 0. The molecule has 0 spiro atoms. The third-order valence-electron chi connectivity index (χ3n) is 3.99. The second-order valence-corrected chi connectivity index (χ2v) is 7.18. The van der Waals surface area contributed by atoms with Crippen molar-refractivity contribution in [2.24, 2.45) is 0 Å². The van der Waals surface area contributed by atoms with Crippen molar-refractivity contribution in [2.45, 2.75) is 71.3 Å². The topological polar surface area (TPSA) is 47.0 Å². The smallest absolute Gasteiger partial charge is 0.162 e. The van der Waals surface area contributed by atoms with E-state index in [1.807, 2.05) is 0 Å². The van der Waals surface area contributed by atoms with Crippen LogP contribution >= 0.6 is 0 Å². The Labute approximate surface area is 128 Å². The van der Waals surface area contributed by atoms with E-state index in [9.17, 15) is 0 Å². The summed E-state index contributed by atoms with van der Waals surface area (Å²) < 4.78 is 6.03. The maximum absolute atomic E-state index is 6.03. The van der Waals surface area contributed by atoms with Crippen LogP contribution in [0.2, 0.25) is 0 Å². The molecule has 2 rings (SSSR count). The summed E-state index contributed by atoms with van der Waals surface area (Å²) in [5, 5.41) is 3.40. The predicted octanol–water partition coefficient (Wildman–Crippen LogP) is 4.01. The fourth-order valence-electron chi connectivity index (χ4n) is 2.52. The Hall–Kier alpha value is -1.16. The average molecular weight is 291 g/mol. The summed E-state index contributed by atoms with van der Waals surface area (Å²) in [6, 6.07) is 2.07. The minimum atomic E-state index is -0.345. The van der Waals surface area contributed by atoms with Gasteiger partial charge >= 0.3 is 0 Å². The average Bonchev–Trinajstić information content (AvgIpc) is 2.45. The summed E-state index contributed by atoms with van der Waals surface area (Å²) in [4.78, 5) is 9.56. The zero-order valence-corrected chi connectivity index (χ0v) is 14.1. The van der Waals surface area contributed by atoms with E-state index in [4.69, 9.17) is 14.7 Å². The predicted molar refractivity (Wildman–Crippen MR) is 86.7 cm³/mol. The maximum Gasteiger partial charge on any atom is 0.162 e. The molecule has 1 unspecified atom stereocenters. The molecule has 0 aromatic carbocycles. The lowest BCUT2D eigenvalue weighted by Crippen LogP contribution is -2.33. The second-order valence-electron chi connectivity index (χ2n) is 7.18. The first-order valence-electron chi connectivity index (χ1n) is 8.13. The molecule has 1 aromatic rings. The van der Waals surface area contributed by atoms with Gasteiger partial charge in [0.2, 0.25) is 0 Å². The third kappa shape index (κ3) is 3.94. The number of hydrogen-bond donors (Lipinski definition) is 1. The van der Waals surface area contributed by atoms with Crippen molar-refractivity contribution in [3.05, 3.63) is 17.6 Å². The van der Waals surface area contributed by atoms with Crippen molar-refractivity contribution in [1.82, 2.24) is 9.97 Å². The van der Waals surface area contributed by atoms with E-state index in [0.717, 1.165) is 49.8 Å². The lowest BCUT2D eigenvalue weighted by atomic mass is 9.90. The van der Waals surface area contributed by atoms with Gasteiger partial charge in [-0.3, -0.25) is 0 Å². The molecule has 2 heterocycles. The van der Waals surface area contributed by atoms with Gasteiger partial charge in [-0.05, 0) is 32.6 Å². The van der Waals surface area contributed by atoms with E-state index in [1.54, 1.807) is 0 Å². The molecule has 1 aliphatic heterocycles. The van der Waals surface area contributed by atoms with Gasteiger partial charge in [0.25, 0.3) is 0 Å². The van der Waals surface area contributed by atoms with Gasteiger partial charge in [0.05, 0.1) is 5.69 Å². The highest BCUT2D eigenvalue weighted by Gasteiger charge is 2.34. The zero-order valence-electron chi connectivity index (χ0n) is 14.1. The molecule has 21 heavy (non-hydrogen) atoms. The van der Waals surface area contributed by atoms with Gasteiger partial charge < -0.3 is 10.1 Å². The van der Waals surface area contributed by atoms with E-state index in [2.05, 4.69) is 46.0 Å². The molecule has 0 amide bonds. The minimum absolute atomic E-state index is 0.00532. The van der Waals surface area contributed by atoms with Crippen LogP contribution < -0.4 is 5.32 Å². The van der Waals surface area contributed by atoms with Crippen LogP contribution in [0.5, 0.6) is 0 Å². The highest BCUT2D eigenvalue weighted by Crippen LogP contribution is 2.34. The Morgan fingerprint density at radius 2 is 2.05 bits per heavy atom. The van der Waals surface area contributed by atoms with E-state index >= 15 is 0 Å². The van der Waals surface area contributed by atoms with Gasteiger partial charge in [0.15, 0.2) is 5.82 Å². The van der Waals surface area contributed by atoms with Crippen LogP contribution in [0, 0.1) is 0 Å². The Balaban J connectivity index is 2.39. The molecule has 0 aliphatic carbocycles. The molecular formula is C17H29N3O. The standard InChI is InChI=1S/C17H29N3O/c1-6-10-18-14-12-13(16(2,3)4)19-15(20-14)17(5)9-7-8-11-21-17/h12H,6-11H2,1-5H3,(H,18,19,20). The lowest BCUT2D eigenvalue weighted by molar-refractivity contribution is -0.0761. The lowest BCUT2D eigenvalue weighted by Gasteiger charge is -2.33. The molecule has 1 atom stereocenters. The largest absolute Gasteiger partial charge is 0.370 e. The van der Waals surface area contributed by atoms with Crippen LogP contribution in [0.15, 0.2) is 6.07 Å². The van der Waals surface area contributed by atoms with Gasteiger partial charge in [-0.15, -0.1) is 0 Å². The van der Waals surface area contributed by atoms with Gasteiger partial charge in [-0.25, -0.2) is 9.97 Å². The normalized spacial score (nSPS) is 23.1. The first-order valence-corrected chi connectivity index (χ1v) is 8.13. The number of nitrogens with zero attached hydrogens (tertiary/aromatic N) is 2. The van der Waals surface area contributed by atoms with Gasteiger partial charge in [-0.2, -0.15) is 0 Å². The van der Waals surface area contributed by atoms with Crippen LogP contribution in [0.1, 0.15) is 71.8 Å². The maximum atomic E-state index is 6.03. The third-order valence-corrected chi connectivity index (χ3v) is 3.99. The Morgan fingerprint density at radius 3 is 2.62 bits per heavy atom. The molecule has 4 nitrogen and oxygen atoms in total. The Bertz CT molecular complexity index is 473. The van der Waals surface area contributed by atoms with E-state index in [-0.39, 0.29) is 11.0 Å². The van der Waals surface area contributed by atoms with Crippen molar-refractivity contribution in [2.75, 3.05) is 18.5 Å². The van der Waals surface area contributed by atoms with Crippen molar-refractivity contribution in [3.63, 3.8) is 0 Å². The number of ether oxygens (including phenoxy) is 1. The van der Waals surface area contributed by atoms with E-state index < -0.39 is 0 Å². The van der Waals surface area contributed by atoms with Crippen LogP contribution in [0.3, 0.4) is 0 Å². The molecule has 1 aliphatic rings. The first-order chi connectivity index (χ1) is 9.85. The summed E-state index contributed by atoms with van der Waals surface area (Å²) >= 11 is 0. The summed E-state index contributed by atoms with van der Waals surface area (Å²) in [6.45, 7) is 12.6. The van der Waals surface area contributed by atoms with Crippen LogP contribution in [-0.2, 0) is 15.8 Å². The fourth-order valence-corrected chi connectivity index (χ4v) is 2.52. The number of rotatable bonds is 4. The van der Waals surface area contributed by atoms with Crippen molar-refractivity contribution in [3.8, 4) is 0 Å². The molecule has 1 fully saturated rings. The molecule has 4 heteroatoms. The highest BCUT2D eigenvalue weighted by atomic mass is 16.5. The van der Waals surface area contributed by atoms with Gasteiger partial charge in [0.1, 0.15) is 11.4 Å². The number of nitrogens with one attached hydrogen (secondary N) is 1. The van der Waals surface area contributed by atoms with Crippen LogP contribution in [0.25, 0.3) is 0 Å². The number of hydrogen-bond acceptors (Lipinski definition) is 4. The monoisotopic (exact) mass is 291 g/mol. The summed E-state index contributed by atoms with van der Waals surface area (Å²) in [5.74, 6) is 1.75. The minimum Gasteiger partial charge on any atom is -0.370 e. The van der Waals surface area contributed by atoms with Crippen LogP contribution in [0.4, 0.5) is 5.82 Å². The van der Waals surface area contributed by atoms with Crippen molar-refractivity contribution < 1.29 is 4.74 Å². The van der Waals surface area contributed by atoms with Crippen molar-refractivity contribution >= 4 is 5.82 Å². The molecule has 0 radical (unpaired) electrons. The van der Waals surface area contributed by atoms with Crippen molar-refractivity contribution in [1.29, 1.82) is 0 Å². The quantitative estimate of drug-likeness (QED) is 0.910. The van der Waals surface area contributed by atoms with E-state index in [1.165, 1.54) is 6.42 Å². The first kappa shape index (κ1) is 16.2. The van der Waals surface area contributed by atoms with Gasteiger partial charge in [-0.1, -0.05) is 27.7 Å². The molecule has 0 bridgehead atoms. The summed E-state index contributed by atoms with van der Waals surface area (Å²) in [5.41, 5.74) is 0.731. The molecular weight excluding hydrogens is 262 g/mol. The number of aromatic nitrogens is 2. The molecule has 1 aromatic heterocycles. The summed E-state index contributed by atoms with van der Waals surface area (Å²) in [6.07, 6.45) is 4.39. The number of anilines is 1. The molecule has 1 saturated heterocycles. The molecule has 118 valence electrons.